The third-order valence-corrected chi connectivity index (χ3v) is 4.36. The first kappa shape index (κ1) is 15.6. The zero-order chi connectivity index (χ0) is 15.1. The predicted octanol–water partition coefficient (Wildman–Crippen LogP) is 2.44. The van der Waals surface area contributed by atoms with E-state index in [1.807, 2.05) is 20.8 Å². The van der Waals surface area contributed by atoms with Gasteiger partial charge in [-0.1, -0.05) is 32.9 Å². The van der Waals surface area contributed by atoms with Gasteiger partial charge in [-0.25, -0.2) is 13.2 Å². The zero-order valence-corrected chi connectivity index (χ0v) is 11.5. The lowest BCUT2D eigenvalue weighted by atomic mass is 9.87. The number of carboxylic acid groups (broad SMARTS) is 1. The van der Waals surface area contributed by atoms with Crippen molar-refractivity contribution in [3.05, 3.63) is 29.8 Å². The van der Waals surface area contributed by atoms with Crippen LogP contribution in [-0.2, 0) is 20.0 Å². The number of hydrogen-bond donors (Lipinski definition) is 1. The van der Waals surface area contributed by atoms with Crippen molar-refractivity contribution in [1.82, 2.24) is 0 Å². The Morgan fingerprint density at radius 1 is 1.11 bits per heavy atom. The summed E-state index contributed by atoms with van der Waals surface area (Å²) in [5, 5.41) is 3.46. The molecule has 19 heavy (non-hydrogen) atoms. The molecule has 0 amide bonds. The molecule has 0 radical (unpaired) electrons. The average Bonchev–Trinajstić information content (AvgIpc) is 2.27. The summed E-state index contributed by atoms with van der Waals surface area (Å²) in [7, 11) is -5.23. The highest BCUT2D eigenvalue weighted by Crippen LogP contribution is 2.31. The van der Waals surface area contributed by atoms with E-state index in [-0.39, 0.29) is 5.41 Å². The van der Waals surface area contributed by atoms with E-state index in [9.17, 15) is 22.0 Å². The Balaban J connectivity index is 3.29. The van der Waals surface area contributed by atoms with E-state index in [0.29, 0.717) is 0 Å². The van der Waals surface area contributed by atoms with Crippen LogP contribution in [0.2, 0.25) is 0 Å². The van der Waals surface area contributed by atoms with Gasteiger partial charge in [0.25, 0.3) is 9.84 Å². The summed E-state index contributed by atoms with van der Waals surface area (Å²) in [6.45, 7) is 5.63. The average molecular weight is 292 g/mol. The molecule has 0 saturated heterocycles. The molecule has 0 unspecified atom stereocenters. The molecular weight excluding hydrogens is 278 g/mol. The molecule has 0 aliphatic heterocycles. The molecule has 1 aromatic rings. The number of halogens is 2. The first-order valence-electron chi connectivity index (χ1n) is 5.37. The minimum atomic E-state index is -5.23. The monoisotopic (exact) mass is 292 g/mol. The number of aliphatic carboxylic acids is 1. The van der Waals surface area contributed by atoms with Gasteiger partial charge in [-0.3, -0.25) is 0 Å². The maximum absolute atomic E-state index is 13.2. The minimum Gasteiger partial charge on any atom is -0.476 e. The van der Waals surface area contributed by atoms with Crippen molar-refractivity contribution in [1.29, 1.82) is 0 Å². The Hall–Kier alpha value is -1.50. The molecule has 0 aromatic heterocycles. The molecule has 1 N–H and O–H groups in total. The van der Waals surface area contributed by atoms with E-state index >= 15 is 0 Å². The fraction of sp³-hybridized carbons (Fsp3) is 0.417. The predicted molar refractivity (Wildman–Crippen MR) is 64.9 cm³/mol. The van der Waals surface area contributed by atoms with Crippen LogP contribution in [0.15, 0.2) is 29.2 Å². The Kier molecular flexibility index (Phi) is 3.73. The summed E-state index contributed by atoms with van der Waals surface area (Å²) in [5.41, 5.74) is 0.488. The quantitative estimate of drug-likeness (QED) is 0.928. The molecule has 106 valence electrons. The smallest absolute Gasteiger partial charge is 0.444 e. The largest absolute Gasteiger partial charge is 0.476 e. The Morgan fingerprint density at radius 3 is 1.84 bits per heavy atom. The molecule has 1 rings (SSSR count). The number of hydrogen-bond acceptors (Lipinski definition) is 3. The van der Waals surface area contributed by atoms with Crippen LogP contribution in [0.5, 0.6) is 0 Å². The second-order valence-electron chi connectivity index (χ2n) is 5.10. The highest BCUT2D eigenvalue weighted by atomic mass is 32.2. The van der Waals surface area contributed by atoms with Crippen LogP contribution in [-0.4, -0.2) is 24.7 Å². The van der Waals surface area contributed by atoms with Crippen molar-refractivity contribution in [3.8, 4) is 0 Å². The first-order valence-corrected chi connectivity index (χ1v) is 6.85. The van der Waals surface area contributed by atoms with E-state index in [1.54, 1.807) is 0 Å². The van der Waals surface area contributed by atoms with Crippen molar-refractivity contribution in [2.75, 3.05) is 0 Å². The zero-order valence-electron chi connectivity index (χ0n) is 10.6. The Labute approximate surface area is 110 Å². The van der Waals surface area contributed by atoms with Gasteiger partial charge in [0.1, 0.15) is 0 Å². The maximum Gasteiger partial charge on any atom is 0.444 e. The molecule has 4 nitrogen and oxygen atoms in total. The number of rotatable bonds is 3. The molecule has 0 saturated carbocycles. The van der Waals surface area contributed by atoms with Crippen LogP contribution >= 0.6 is 0 Å². The fourth-order valence-corrected chi connectivity index (χ4v) is 2.42. The van der Waals surface area contributed by atoms with Gasteiger partial charge >= 0.3 is 11.2 Å². The van der Waals surface area contributed by atoms with Gasteiger partial charge in [-0.2, -0.15) is 8.78 Å². The minimum absolute atomic E-state index is 0.266. The maximum atomic E-state index is 13.2. The van der Waals surface area contributed by atoms with Gasteiger partial charge in [-0.05, 0) is 23.1 Å². The number of carboxylic acids is 1. The SMILES string of the molecule is CC(C)(C)c1ccc(S(=O)(=O)C(F)(F)C(=O)O)cc1. The molecule has 0 spiro atoms. The summed E-state index contributed by atoms with van der Waals surface area (Å²) in [4.78, 5) is 9.62. The Morgan fingerprint density at radius 2 is 1.53 bits per heavy atom. The molecular formula is C12H14F2O4S. The normalized spacial score (nSPS) is 13.3. The van der Waals surface area contributed by atoms with Crippen LogP contribution in [0, 0.1) is 0 Å². The molecule has 7 heteroatoms. The summed E-state index contributed by atoms with van der Waals surface area (Å²) in [6, 6.07) is 4.77. The van der Waals surface area contributed by atoms with Gasteiger partial charge in [0.15, 0.2) is 0 Å². The first-order chi connectivity index (χ1) is 8.40. The number of sulfone groups is 1. The second kappa shape index (κ2) is 4.56. The summed E-state index contributed by atoms with van der Waals surface area (Å²) in [6.07, 6.45) is 0. The third-order valence-electron chi connectivity index (χ3n) is 2.62. The Bertz CT molecular complexity index is 583. The number of alkyl halides is 2. The molecule has 1 aromatic carbocycles. The lowest BCUT2D eigenvalue weighted by molar-refractivity contribution is -0.153. The molecule has 0 heterocycles. The van der Waals surface area contributed by atoms with Crippen molar-refractivity contribution in [2.45, 2.75) is 36.3 Å². The summed E-state index contributed by atoms with van der Waals surface area (Å²) in [5.74, 6) is -2.69. The van der Waals surface area contributed by atoms with Crippen LogP contribution in [0.25, 0.3) is 0 Å². The van der Waals surface area contributed by atoms with Gasteiger partial charge < -0.3 is 5.11 Å². The van der Waals surface area contributed by atoms with E-state index in [2.05, 4.69) is 0 Å². The number of carbonyl (C=O) groups is 1. The van der Waals surface area contributed by atoms with Gasteiger partial charge in [0.2, 0.25) is 0 Å². The standard InChI is InChI=1S/C12H14F2O4S/c1-11(2,3)8-4-6-9(7-5-8)19(17,18)12(13,14)10(15)16/h4-7H,1-3H3,(H,15,16). The third kappa shape index (κ3) is 2.75. The topological polar surface area (TPSA) is 71.4 Å². The lowest BCUT2D eigenvalue weighted by Gasteiger charge is -2.19. The van der Waals surface area contributed by atoms with E-state index < -0.39 is 26.0 Å². The van der Waals surface area contributed by atoms with Crippen LogP contribution < -0.4 is 0 Å². The molecule has 0 aliphatic rings. The van der Waals surface area contributed by atoms with Gasteiger partial charge in [0, 0.05) is 0 Å². The van der Waals surface area contributed by atoms with Crippen LogP contribution in [0.3, 0.4) is 0 Å². The molecule has 0 fully saturated rings. The van der Waals surface area contributed by atoms with E-state index in [1.165, 1.54) is 12.1 Å². The van der Waals surface area contributed by atoms with Gasteiger partial charge in [-0.15, -0.1) is 0 Å². The fourth-order valence-electron chi connectivity index (χ4n) is 1.40. The molecule has 0 aliphatic carbocycles. The van der Waals surface area contributed by atoms with Crippen LogP contribution in [0.1, 0.15) is 26.3 Å². The van der Waals surface area contributed by atoms with Crippen molar-refractivity contribution >= 4 is 15.8 Å². The molecule has 0 bridgehead atoms. The lowest BCUT2D eigenvalue weighted by Crippen LogP contribution is -2.37. The highest BCUT2D eigenvalue weighted by Gasteiger charge is 2.53. The van der Waals surface area contributed by atoms with Crippen LogP contribution in [0.4, 0.5) is 8.78 Å². The number of benzene rings is 1. The van der Waals surface area contributed by atoms with Crippen molar-refractivity contribution < 1.29 is 27.1 Å². The summed E-state index contributed by atoms with van der Waals surface area (Å²) >= 11 is 0. The summed E-state index contributed by atoms with van der Waals surface area (Å²) < 4.78 is 49.4. The highest BCUT2D eigenvalue weighted by molar-refractivity contribution is 7.93. The van der Waals surface area contributed by atoms with Crippen molar-refractivity contribution in [3.63, 3.8) is 0 Å². The van der Waals surface area contributed by atoms with Crippen molar-refractivity contribution in [2.24, 2.45) is 0 Å². The second-order valence-corrected chi connectivity index (χ2v) is 7.09. The van der Waals surface area contributed by atoms with Gasteiger partial charge in [0.05, 0.1) is 4.90 Å². The molecule has 0 atom stereocenters. The van der Waals surface area contributed by atoms with E-state index in [0.717, 1.165) is 17.7 Å². The van der Waals surface area contributed by atoms with E-state index in [4.69, 9.17) is 5.11 Å².